The van der Waals surface area contributed by atoms with Crippen LogP contribution in [0.3, 0.4) is 0 Å². The minimum Gasteiger partial charge on any atom is -0.276 e. The molecule has 9 nitrogen and oxygen atoms in total. The molecule has 0 aliphatic rings. The topological polar surface area (TPSA) is 119 Å². The maximum Gasteiger partial charge on any atom is 0.416 e. The predicted octanol–water partition coefficient (Wildman–Crippen LogP) is 1.52. The number of amides is 1. The number of benzene rings is 1. The average Bonchev–Trinajstić information content (AvgIpc) is 3.06. The minimum atomic E-state index is -5.06. The number of hydrogen-bond donors (Lipinski definition) is 2. The van der Waals surface area contributed by atoms with Gasteiger partial charge in [-0.05, 0) is 30.3 Å². The molecule has 0 radical (unpaired) electrons. The highest BCUT2D eigenvalue weighted by Gasteiger charge is 2.37. The van der Waals surface area contributed by atoms with E-state index in [9.17, 15) is 39.6 Å². The number of carbonyl (C=O) groups is 1. The van der Waals surface area contributed by atoms with Gasteiger partial charge in [0.25, 0.3) is 5.91 Å². The number of carbonyl (C=O) groups excluding carboxylic acids is 1. The second-order valence-electron chi connectivity index (χ2n) is 5.77. The fourth-order valence-corrected chi connectivity index (χ4v) is 2.23. The Morgan fingerprint density at radius 2 is 1.59 bits per heavy atom. The van der Waals surface area contributed by atoms with Gasteiger partial charge in [-0.2, -0.15) is 31.1 Å². The van der Waals surface area contributed by atoms with E-state index in [1.165, 1.54) is 6.92 Å². The molecule has 0 aliphatic carbocycles. The first kappa shape index (κ1) is 22.5. The number of nitrogens with one attached hydrogen (secondary N) is 2. The smallest absolute Gasteiger partial charge is 0.276 e. The van der Waals surface area contributed by atoms with Crippen LogP contribution in [0.2, 0.25) is 0 Å². The summed E-state index contributed by atoms with van der Waals surface area (Å²) in [6.07, 6.45) is -9.36. The normalized spacial score (nSPS) is 13.9. The summed E-state index contributed by atoms with van der Waals surface area (Å²) in [5.74, 6) is -1.56. The van der Waals surface area contributed by atoms with Gasteiger partial charge in [0.05, 0.1) is 17.4 Å². The van der Waals surface area contributed by atoms with Crippen LogP contribution in [0.4, 0.5) is 26.3 Å². The number of hydrazine groups is 1. The highest BCUT2D eigenvalue weighted by molar-refractivity contribution is 7.88. The van der Waals surface area contributed by atoms with Crippen molar-refractivity contribution in [1.29, 1.82) is 0 Å². The van der Waals surface area contributed by atoms with Crippen molar-refractivity contribution in [2.45, 2.75) is 25.3 Å². The molecule has 0 fully saturated rings. The lowest BCUT2D eigenvalue weighted by atomic mass is 10.0. The van der Waals surface area contributed by atoms with E-state index >= 15 is 0 Å². The molecule has 0 saturated carbocycles. The summed E-state index contributed by atoms with van der Waals surface area (Å²) in [7, 11) is -3.77. The molecule has 0 aliphatic heterocycles. The van der Waals surface area contributed by atoms with Crippen LogP contribution in [0.1, 0.15) is 24.1 Å². The van der Waals surface area contributed by atoms with Crippen LogP contribution in [-0.4, -0.2) is 40.8 Å². The maximum atomic E-state index is 12.9. The van der Waals surface area contributed by atoms with Crippen LogP contribution in [0.15, 0.2) is 18.2 Å². The Hall–Kier alpha value is -2.75. The Kier molecular flexibility index (Phi) is 5.89. The van der Waals surface area contributed by atoms with Crippen molar-refractivity contribution in [1.82, 2.24) is 30.5 Å². The highest BCUT2D eigenvalue weighted by atomic mass is 32.2. The van der Waals surface area contributed by atoms with Crippen LogP contribution in [-0.2, 0) is 27.2 Å². The van der Waals surface area contributed by atoms with Gasteiger partial charge in [0.1, 0.15) is 0 Å². The van der Waals surface area contributed by atoms with Gasteiger partial charge in [0, 0.05) is 5.56 Å². The molecule has 1 atom stereocenters. The Balaban J connectivity index is 2.37. The first-order chi connectivity index (χ1) is 13.1. The van der Waals surface area contributed by atoms with E-state index < -0.39 is 56.8 Å². The molecule has 2 N–H and O–H groups in total. The molecule has 1 aromatic carbocycles. The minimum absolute atomic E-state index is 0.0547. The number of tetrazole rings is 1. The van der Waals surface area contributed by atoms with E-state index in [2.05, 4.69) is 15.4 Å². The highest BCUT2D eigenvalue weighted by Crippen LogP contribution is 2.37. The molecule has 1 amide bonds. The Labute approximate surface area is 159 Å². The van der Waals surface area contributed by atoms with E-state index in [4.69, 9.17) is 0 Å². The summed E-state index contributed by atoms with van der Waals surface area (Å²) in [6.45, 7) is 1.19. The molecule has 2 rings (SSSR count). The van der Waals surface area contributed by atoms with Gasteiger partial charge in [0.2, 0.25) is 15.8 Å². The first-order valence-corrected chi connectivity index (χ1v) is 9.33. The molecule has 160 valence electrons. The van der Waals surface area contributed by atoms with Crippen molar-refractivity contribution in [3.05, 3.63) is 29.3 Å². The summed E-state index contributed by atoms with van der Waals surface area (Å²) in [5, 5.41) is 10.4. The second-order valence-corrected chi connectivity index (χ2v) is 7.52. The molecule has 2 aromatic rings. The third-order valence-electron chi connectivity index (χ3n) is 3.36. The van der Waals surface area contributed by atoms with Crippen LogP contribution >= 0.6 is 0 Å². The number of rotatable bonds is 5. The Morgan fingerprint density at radius 1 is 1.07 bits per heavy atom. The lowest BCUT2D eigenvalue weighted by Crippen LogP contribution is -2.44. The standard InChI is InChI=1S/C13H12F6N6O3S/c1-6(11(26)21-24-29(2,27)28)25-22-10(20-23-25)7-3-8(12(14,15)16)5-9(4-7)13(17,18)19/h3-6,24H,1-2H3,(H,21,26)/t6-/m0/s1. The van der Waals surface area contributed by atoms with Gasteiger partial charge in [-0.15, -0.1) is 15.0 Å². The molecule has 0 unspecified atom stereocenters. The monoisotopic (exact) mass is 446 g/mol. The summed E-state index contributed by atoms with van der Waals surface area (Å²) >= 11 is 0. The largest absolute Gasteiger partial charge is 0.416 e. The summed E-state index contributed by atoms with van der Waals surface area (Å²) < 4.78 is 99.5. The Bertz CT molecular complexity index is 985. The van der Waals surface area contributed by atoms with Gasteiger partial charge >= 0.3 is 12.4 Å². The van der Waals surface area contributed by atoms with Crippen molar-refractivity contribution in [3.8, 4) is 11.4 Å². The van der Waals surface area contributed by atoms with Crippen molar-refractivity contribution in [3.63, 3.8) is 0 Å². The molecule has 0 spiro atoms. The molecule has 29 heavy (non-hydrogen) atoms. The van der Waals surface area contributed by atoms with E-state index in [-0.39, 0.29) is 6.07 Å². The lowest BCUT2D eigenvalue weighted by Gasteiger charge is -2.13. The van der Waals surface area contributed by atoms with Gasteiger partial charge in [-0.25, -0.2) is 8.42 Å². The third kappa shape index (κ3) is 5.86. The summed E-state index contributed by atoms with van der Waals surface area (Å²) in [4.78, 5) is 14.1. The van der Waals surface area contributed by atoms with E-state index in [0.29, 0.717) is 16.9 Å². The van der Waals surface area contributed by atoms with Crippen molar-refractivity contribution < 1.29 is 39.6 Å². The van der Waals surface area contributed by atoms with Crippen LogP contribution in [0.25, 0.3) is 11.4 Å². The third-order valence-corrected chi connectivity index (χ3v) is 3.83. The molecular weight excluding hydrogens is 434 g/mol. The fourth-order valence-electron chi connectivity index (χ4n) is 1.94. The summed E-state index contributed by atoms with van der Waals surface area (Å²) in [5.41, 5.74) is -1.94. The van der Waals surface area contributed by atoms with Crippen molar-refractivity contribution in [2.24, 2.45) is 0 Å². The van der Waals surface area contributed by atoms with E-state index in [0.717, 1.165) is 6.26 Å². The molecule has 1 heterocycles. The van der Waals surface area contributed by atoms with Gasteiger partial charge < -0.3 is 0 Å². The number of hydrogen-bond acceptors (Lipinski definition) is 6. The second kappa shape index (κ2) is 7.58. The van der Waals surface area contributed by atoms with Gasteiger partial charge in [-0.3, -0.25) is 10.2 Å². The lowest BCUT2D eigenvalue weighted by molar-refractivity contribution is -0.143. The zero-order valence-electron chi connectivity index (χ0n) is 14.5. The quantitative estimate of drug-likeness (QED) is 0.531. The van der Waals surface area contributed by atoms with Gasteiger partial charge in [-0.1, -0.05) is 0 Å². The molecule has 16 heteroatoms. The van der Waals surface area contributed by atoms with Crippen LogP contribution in [0, 0.1) is 0 Å². The number of nitrogens with zero attached hydrogens (tertiary/aromatic N) is 4. The SMILES string of the molecule is C[C@@H](C(=O)NNS(C)(=O)=O)n1nnc(-c2cc(C(F)(F)F)cc(C(F)(F)F)c2)n1. The molecular formula is C13H12F6N6O3S. The predicted molar refractivity (Wildman–Crippen MR) is 84.1 cm³/mol. The van der Waals surface area contributed by atoms with Gasteiger partial charge in [0.15, 0.2) is 6.04 Å². The van der Waals surface area contributed by atoms with E-state index in [1.807, 2.05) is 5.43 Å². The fraction of sp³-hybridized carbons (Fsp3) is 0.385. The number of aromatic nitrogens is 4. The van der Waals surface area contributed by atoms with E-state index in [1.54, 1.807) is 4.83 Å². The zero-order valence-corrected chi connectivity index (χ0v) is 15.3. The number of halogens is 6. The zero-order chi connectivity index (χ0) is 22.2. The molecule has 0 saturated heterocycles. The van der Waals surface area contributed by atoms with Crippen molar-refractivity contribution in [2.75, 3.05) is 6.26 Å². The van der Waals surface area contributed by atoms with Crippen molar-refractivity contribution >= 4 is 15.9 Å². The molecule has 1 aromatic heterocycles. The maximum absolute atomic E-state index is 12.9. The summed E-state index contributed by atoms with van der Waals surface area (Å²) in [6, 6.07) is -0.529. The van der Waals surface area contributed by atoms with Crippen LogP contribution in [0.5, 0.6) is 0 Å². The average molecular weight is 446 g/mol. The Morgan fingerprint density at radius 3 is 2.03 bits per heavy atom. The first-order valence-electron chi connectivity index (χ1n) is 7.44. The van der Waals surface area contributed by atoms with Crippen LogP contribution < -0.4 is 10.3 Å². The molecule has 0 bridgehead atoms. The number of alkyl halides is 6. The number of sulfonamides is 1.